The highest BCUT2D eigenvalue weighted by Gasteiger charge is 2.24. The number of aryl methyl sites for hydroxylation is 2. The zero-order chi connectivity index (χ0) is 19.2. The number of rotatable bonds is 6. The Kier molecular flexibility index (Phi) is 9.49. The van der Waals surface area contributed by atoms with E-state index in [0.29, 0.717) is 12.6 Å². The predicted octanol–water partition coefficient (Wildman–Crippen LogP) is 2.21. The molecule has 3 heterocycles. The number of hydrogen-bond donors (Lipinski definition) is 2. The molecule has 2 saturated heterocycles. The molecule has 2 fully saturated rings. The summed E-state index contributed by atoms with van der Waals surface area (Å²) in [6, 6.07) is 0.495. The van der Waals surface area contributed by atoms with Gasteiger partial charge in [-0.15, -0.1) is 24.0 Å². The minimum absolute atomic E-state index is 0. The van der Waals surface area contributed by atoms with Gasteiger partial charge in [-0.05, 0) is 46.0 Å². The number of likely N-dealkylation sites (tertiary alicyclic amines) is 1. The highest BCUT2D eigenvalue weighted by Crippen LogP contribution is 2.18. The standard InChI is InChI=1S/C20H36N6O.HI/c1-5-21-20(22-12-19-15(2)24-25(4)16(19)3)23-18-6-9-26(10-7-18)13-17-8-11-27-14-17;/h17-18H,5-14H2,1-4H3,(H2,21,22,23);1H. The van der Waals surface area contributed by atoms with E-state index in [4.69, 9.17) is 9.73 Å². The van der Waals surface area contributed by atoms with E-state index in [1.165, 1.54) is 37.1 Å². The largest absolute Gasteiger partial charge is 0.381 e. The first-order valence-electron chi connectivity index (χ1n) is 10.4. The van der Waals surface area contributed by atoms with Gasteiger partial charge in [-0.2, -0.15) is 5.10 Å². The summed E-state index contributed by atoms with van der Waals surface area (Å²) >= 11 is 0. The maximum Gasteiger partial charge on any atom is 0.191 e. The third-order valence-corrected chi connectivity index (χ3v) is 5.87. The third-order valence-electron chi connectivity index (χ3n) is 5.87. The maximum absolute atomic E-state index is 5.51. The average molecular weight is 504 g/mol. The van der Waals surface area contributed by atoms with Gasteiger partial charge >= 0.3 is 0 Å². The molecule has 2 N–H and O–H groups in total. The molecule has 2 aliphatic rings. The number of nitrogens with zero attached hydrogens (tertiary/aromatic N) is 4. The van der Waals surface area contributed by atoms with Crippen LogP contribution >= 0.6 is 24.0 Å². The van der Waals surface area contributed by atoms with Gasteiger partial charge in [-0.3, -0.25) is 4.68 Å². The zero-order valence-corrected chi connectivity index (χ0v) is 20.2. The molecule has 8 heteroatoms. The first-order valence-corrected chi connectivity index (χ1v) is 10.4. The van der Waals surface area contributed by atoms with Crippen molar-refractivity contribution in [3.05, 3.63) is 17.0 Å². The first-order chi connectivity index (χ1) is 13.1. The van der Waals surface area contributed by atoms with E-state index < -0.39 is 0 Å². The van der Waals surface area contributed by atoms with Crippen molar-refractivity contribution in [3.8, 4) is 0 Å². The van der Waals surface area contributed by atoms with E-state index in [-0.39, 0.29) is 24.0 Å². The lowest BCUT2D eigenvalue weighted by Gasteiger charge is -2.34. The van der Waals surface area contributed by atoms with Crippen LogP contribution in [0, 0.1) is 19.8 Å². The van der Waals surface area contributed by atoms with Crippen LogP contribution in [0.4, 0.5) is 0 Å². The van der Waals surface area contributed by atoms with Crippen LogP contribution < -0.4 is 10.6 Å². The molecule has 0 spiro atoms. The van der Waals surface area contributed by atoms with Gasteiger partial charge in [0.15, 0.2) is 5.96 Å². The van der Waals surface area contributed by atoms with E-state index in [9.17, 15) is 0 Å². The summed E-state index contributed by atoms with van der Waals surface area (Å²) in [5.74, 6) is 1.65. The van der Waals surface area contributed by atoms with Crippen molar-refractivity contribution in [1.29, 1.82) is 0 Å². The van der Waals surface area contributed by atoms with E-state index in [2.05, 4.69) is 41.4 Å². The lowest BCUT2D eigenvalue weighted by Crippen LogP contribution is -2.49. The van der Waals surface area contributed by atoms with Crippen molar-refractivity contribution < 1.29 is 4.74 Å². The topological polar surface area (TPSA) is 66.7 Å². The van der Waals surface area contributed by atoms with E-state index >= 15 is 0 Å². The highest BCUT2D eigenvalue weighted by molar-refractivity contribution is 14.0. The Hall–Kier alpha value is -0.870. The number of halogens is 1. The quantitative estimate of drug-likeness (QED) is 0.354. The van der Waals surface area contributed by atoms with Crippen molar-refractivity contribution in [3.63, 3.8) is 0 Å². The van der Waals surface area contributed by atoms with Crippen LogP contribution in [-0.4, -0.2) is 66.1 Å². The van der Waals surface area contributed by atoms with Gasteiger partial charge in [-0.1, -0.05) is 0 Å². The van der Waals surface area contributed by atoms with Crippen LogP contribution in [0.3, 0.4) is 0 Å². The smallest absolute Gasteiger partial charge is 0.191 e. The Morgan fingerprint density at radius 2 is 2.00 bits per heavy atom. The third kappa shape index (κ3) is 6.32. The zero-order valence-electron chi connectivity index (χ0n) is 17.8. The molecule has 0 aliphatic carbocycles. The van der Waals surface area contributed by atoms with E-state index in [1.807, 2.05) is 11.7 Å². The minimum Gasteiger partial charge on any atom is -0.381 e. The number of ether oxygens (including phenoxy) is 1. The molecule has 2 aliphatic heterocycles. The van der Waals surface area contributed by atoms with E-state index in [0.717, 1.165) is 50.4 Å². The monoisotopic (exact) mass is 504 g/mol. The van der Waals surface area contributed by atoms with Gasteiger partial charge in [0.2, 0.25) is 0 Å². The van der Waals surface area contributed by atoms with Gasteiger partial charge in [0.1, 0.15) is 0 Å². The van der Waals surface area contributed by atoms with Crippen LogP contribution in [0.25, 0.3) is 0 Å². The van der Waals surface area contributed by atoms with Gasteiger partial charge in [0.25, 0.3) is 0 Å². The summed E-state index contributed by atoms with van der Waals surface area (Å²) in [6.07, 6.45) is 3.56. The van der Waals surface area contributed by atoms with Crippen LogP contribution in [0.15, 0.2) is 4.99 Å². The molecule has 1 aromatic heterocycles. The van der Waals surface area contributed by atoms with Crippen molar-refractivity contribution >= 4 is 29.9 Å². The second-order valence-electron chi connectivity index (χ2n) is 7.92. The molecule has 0 bridgehead atoms. The number of hydrogen-bond acceptors (Lipinski definition) is 4. The summed E-state index contributed by atoms with van der Waals surface area (Å²) in [6.45, 7) is 13.2. The molecule has 3 rings (SSSR count). The molecule has 0 saturated carbocycles. The Morgan fingerprint density at radius 1 is 1.25 bits per heavy atom. The second-order valence-corrected chi connectivity index (χ2v) is 7.92. The van der Waals surface area contributed by atoms with Gasteiger partial charge in [0.05, 0.1) is 18.8 Å². The number of nitrogens with one attached hydrogen (secondary N) is 2. The van der Waals surface area contributed by atoms with Crippen molar-refractivity contribution in [2.45, 2.75) is 52.6 Å². The van der Waals surface area contributed by atoms with Gasteiger partial charge in [-0.25, -0.2) is 4.99 Å². The van der Waals surface area contributed by atoms with Crippen molar-refractivity contribution in [2.75, 3.05) is 39.4 Å². The molecule has 1 aromatic rings. The molecule has 0 aromatic carbocycles. The summed E-state index contributed by atoms with van der Waals surface area (Å²) in [4.78, 5) is 7.43. The van der Waals surface area contributed by atoms with Crippen molar-refractivity contribution in [1.82, 2.24) is 25.3 Å². The van der Waals surface area contributed by atoms with Crippen LogP contribution in [0.1, 0.15) is 43.1 Å². The van der Waals surface area contributed by atoms with Gasteiger partial charge in [0, 0.05) is 57.1 Å². The normalized spacial score (nSPS) is 21.6. The SMILES string of the molecule is CCNC(=NCc1c(C)nn(C)c1C)NC1CCN(CC2CCOC2)CC1.I. The Morgan fingerprint density at radius 3 is 2.57 bits per heavy atom. The van der Waals surface area contributed by atoms with E-state index in [1.54, 1.807) is 0 Å². The fraction of sp³-hybridized carbons (Fsp3) is 0.800. The Balaban J connectivity index is 0.00000280. The van der Waals surface area contributed by atoms with Crippen LogP contribution in [0.5, 0.6) is 0 Å². The summed E-state index contributed by atoms with van der Waals surface area (Å²) in [5.41, 5.74) is 3.48. The van der Waals surface area contributed by atoms with Gasteiger partial charge < -0.3 is 20.3 Å². The number of piperidine rings is 1. The predicted molar refractivity (Wildman–Crippen MR) is 124 cm³/mol. The Labute approximate surface area is 186 Å². The fourth-order valence-electron chi connectivity index (χ4n) is 4.07. The molecule has 160 valence electrons. The minimum atomic E-state index is 0. The molecule has 0 amide bonds. The molecule has 1 atom stereocenters. The molecule has 1 unspecified atom stereocenters. The summed E-state index contributed by atoms with van der Waals surface area (Å²) < 4.78 is 7.45. The van der Waals surface area contributed by atoms with Crippen molar-refractivity contribution in [2.24, 2.45) is 18.0 Å². The fourth-order valence-corrected chi connectivity index (χ4v) is 4.07. The lowest BCUT2D eigenvalue weighted by molar-refractivity contribution is 0.150. The Bertz CT molecular complexity index is 633. The maximum atomic E-state index is 5.51. The second kappa shape index (κ2) is 11.3. The lowest BCUT2D eigenvalue weighted by atomic mass is 10.0. The number of aromatic nitrogens is 2. The molecular weight excluding hydrogens is 467 g/mol. The molecule has 0 radical (unpaired) electrons. The average Bonchev–Trinajstić information content (AvgIpc) is 3.24. The van der Waals surface area contributed by atoms with Crippen LogP contribution in [0.2, 0.25) is 0 Å². The number of aliphatic imine (C=N–C) groups is 1. The highest BCUT2D eigenvalue weighted by atomic mass is 127. The molecule has 28 heavy (non-hydrogen) atoms. The first kappa shape index (κ1) is 23.4. The van der Waals surface area contributed by atoms with Crippen LogP contribution in [-0.2, 0) is 18.3 Å². The summed E-state index contributed by atoms with van der Waals surface area (Å²) in [5, 5.41) is 11.5. The molecule has 7 nitrogen and oxygen atoms in total. The molecular formula is C20H37IN6O. The number of guanidine groups is 1. The summed E-state index contributed by atoms with van der Waals surface area (Å²) in [7, 11) is 1.99.